The molecule has 0 saturated carbocycles. The Morgan fingerprint density at radius 1 is 0.967 bits per heavy atom. The second kappa shape index (κ2) is 9.93. The van der Waals surface area contributed by atoms with Gasteiger partial charge in [-0.1, -0.05) is 44.2 Å². The highest BCUT2D eigenvalue weighted by atomic mass is 79.9. The SMILES string of the molecule is CC(C)c1ccc(B(O)O)cc1.COc1ccc(-n2cnc3c(Br)cccc32)cc1. The molecule has 0 bridgehead atoms. The molecule has 4 aromatic rings. The Morgan fingerprint density at radius 3 is 2.20 bits per heavy atom. The molecule has 2 N–H and O–H groups in total. The zero-order valence-corrected chi connectivity index (χ0v) is 18.7. The lowest BCUT2D eigenvalue weighted by atomic mass is 9.79. The van der Waals surface area contributed by atoms with Crippen LogP contribution >= 0.6 is 15.9 Å². The molecule has 0 radical (unpaired) electrons. The maximum Gasteiger partial charge on any atom is 0.488 e. The van der Waals surface area contributed by atoms with Gasteiger partial charge in [0.25, 0.3) is 0 Å². The van der Waals surface area contributed by atoms with Crippen molar-refractivity contribution in [3.05, 3.63) is 83.1 Å². The molecule has 7 heteroatoms. The van der Waals surface area contributed by atoms with Crippen LogP contribution in [0.2, 0.25) is 0 Å². The van der Waals surface area contributed by atoms with Gasteiger partial charge in [0.15, 0.2) is 0 Å². The van der Waals surface area contributed by atoms with E-state index in [0.29, 0.717) is 11.4 Å². The molecule has 5 nitrogen and oxygen atoms in total. The molecule has 1 heterocycles. The number of hydrogen-bond acceptors (Lipinski definition) is 4. The number of benzene rings is 3. The summed E-state index contributed by atoms with van der Waals surface area (Å²) in [5.41, 5.74) is 4.86. The summed E-state index contributed by atoms with van der Waals surface area (Å²) in [7, 11) is 0.310. The van der Waals surface area contributed by atoms with Crippen molar-refractivity contribution in [3.8, 4) is 11.4 Å². The molecule has 0 aliphatic carbocycles. The monoisotopic (exact) mass is 466 g/mol. The maximum absolute atomic E-state index is 8.81. The summed E-state index contributed by atoms with van der Waals surface area (Å²) >= 11 is 3.51. The van der Waals surface area contributed by atoms with Gasteiger partial charge >= 0.3 is 7.12 Å². The highest BCUT2D eigenvalue weighted by molar-refractivity contribution is 9.10. The molecule has 0 fully saturated rings. The summed E-state index contributed by atoms with van der Waals surface area (Å²) in [6, 6.07) is 21.3. The van der Waals surface area contributed by atoms with E-state index in [2.05, 4.69) is 45.4 Å². The number of aromatic nitrogens is 2. The van der Waals surface area contributed by atoms with Crippen molar-refractivity contribution in [2.24, 2.45) is 0 Å². The fraction of sp³-hybridized carbons (Fsp3) is 0.174. The molecule has 0 atom stereocenters. The number of methoxy groups -OCH3 is 1. The van der Waals surface area contributed by atoms with Gasteiger partial charge in [0.05, 0.1) is 12.6 Å². The van der Waals surface area contributed by atoms with Crippen molar-refractivity contribution in [1.82, 2.24) is 9.55 Å². The summed E-state index contributed by atoms with van der Waals surface area (Å²) in [6.07, 6.45) is 1.83. The number of fused-ring (bicyclic) bond motifs is 1. The van der Waals surface area contributed by atoms with Gasteiger partial charge in [-0.2, -0.15) is 0 Å². The van der Waals surface area contributed by atoms with Crippen molar-refractivity contribution in [1.29, 1.82) is 0 Å². The van der Waals surface area contributed by atoms with E-state index in [9.17, 15) is 0 Å². The average Bonchev–Trinajstić information content (AvgIpc) is 3.20. The predicted molar refractivity (Wildman–Crippen MR) is 126 cm³/mol. The summed E-state index contributed by atoms with van der Waals surface area (Å²) < 4.78 is 8.22. The number of rotatable bonds is 4. The predicted octanol–water partition coefficient (Wildman–Crippen LogP) is 4.29. The van der Waals surface area contributed by atoms with Gasteiger partial charge in [0, 0.05) is 10.2 Å². The van der Waals surface area contributed by atoms with Gasteiger partial charge in [-0.15, -0.1) is 0 Å². The van der Waals surface area contributed by atoms with E-state index in [-0.39, 0.29) is 0 Å². The lowest BCUT2D eigenvalue weighted by Crippen LogP contribution is -2.29. The first-order valence-corrected chi connectivity index (χ1v) is 10.4. The number of imidazole rings is 1. The summed E-state index contributed by atoms with van der Waals surface area (Å²) in [4.78, 5) is 4.42. The van der Waals surface area contributed by atoms with Crippen LogP contribution < -0.4 is 10.2 Å². The third-order valence-electron chi connectivity index (χ3n) is 4.78. The Labute approximate surface area is 185 Å². The molecule has 4 rings (SSSR count). The third-order valence-corrected chi connectivity index (χ3v) is 5.42. The molecule has 3 aromatic carbocycles. The van der Waals surface area contributed by atoms with Crippen LogP contribution in [0.1, 0.15) is 25.3 Å². The lowest BCUT2D eigenvalue weighted by Gasteiger charge is -2.05. The molecule has 154 valence electrons. The number of hydrogen-bond donors (Lipinski definition) is 2. The van der Waals surface area contributed by atoms with E-state index in [1.165, 1.54) is 5.56 Å². The second-order valence-corrected chi connectivity index (χ2v) is 7.97. The molecular weight excluding hydrogens is 443 g/mol. The summed E-state index contributed by atoms with van der Waals surface area (Å²) in [5, 5.41) is 17.6. The number of halogens is 1. The first-order valence-electron chi connectivity index (χ1n) is 9.62. The maximum atomic E-state index is 8.81. The molecular formula is C23H24BBrN2O3. The van der Waals surface area contributed by atoms with Gasteiger partial charge in [0.1, 0.15) is 17.6 Å². The van der Waals surface area contributed by atoms with E-state index in [1.54, 1.807) is 19.2 Å². The fourth-order valence-electron chi connectivity index (χ4n) is 3.01. The van der Waals surface area contributed by atoms with Crippen LogP contribution in [-0.4, -0.2) is 33.8 Å². The van der Waals surface area contributed by atoms with Crippen LogP contribution in [0, 0.1) is 0 Å². The van der Waals surface area contributed by atoms with E-state index in [1.807, 2.05) is 54.9 Å². The molecule has 0 spiro atoms. The standard InChI is InChI=1S/C14H11BrN2O.C9H13BO2/c1-18-11-7-5-10(6-8-11)17-9-16-14-12(15)3-2-4-13(14)17;1-7(2)8-3-5-9(6-4-8)10(11)12/h2-9H,1H3;3-7,11-12H,1-2H3. The second-order valence-electron chi connectivity index (χ2n) is 7.12. The first kappa shape index (κ1) is 22.1. The van der Waals surface area contributed by atoms with E-state index >= 15 is 0 Å². The Hall–Kier alpha value is -2.61. The zero-order valence-electron chi connectivity index (χ0n) is 17.2. The topological polar surface area (TPSA) is 67.5 Å². The van der Waals surface area contributed by atoms with Crippen molar-refractivity contribution in [2.45, 2.75) is 19.8 Å². The quantitative estimate of drug-likeness (QED) is 0.440. The minimum atomic E-state index is -1.36. The van der Waals surface area contributed by atoms with Crippen LogP contribution in [-0.2, 0) is 0 Å². The third kappa shape index (κ3) is 5.11. The van der Waals surface area contributed by atoms with E-state index in [4.69, 9.17) is 14.8 Å². The molecule has 30 heavy (non-hydrogen) atoms. The van der Waals surface area contributed by atoms with Gasteiger partial charge in [-0.25, -0.2) is 4.98 Å². The van der Waals surface area contributed by atoms with Crippen molar-refractivity contribution in [3.63, 3.8) is 0 Å². The smallest absolute Gasteiger partial charge is 0.488 e. The Bertz CT molecular complexity index is 1070. The highest BCUT2D eigenvalue weighted by Crippen LogP contribution is 2.25. The minimum Gasteiger partial charge on any atom is -0.497 e. The van der Waals surface area contributed by atoms with E-state index in [0.717, 1.165) is 26.9 Å². The minimum absolute atomic E-state index is 0.481. The van der Waals surface area contributed by atoms with Crippen molar-refractivity contribution in [2.75, 3.05) is 7.11 Å². The van der Waals surface area contributed by atoms with Crippen molar-refractivity contribution < 1.29 is 14.8 Å². The van der Waals surface area contributed by atoms with Crippen LogP contribution in [0.15, 0.2) is 77.5 Å². The largest absolute Gasteiger partial charge is 0.497 e. The number of para-hydroxylation sites is 1. The zero-order chi connectivity index (χ0) is 21.7. The molecule has 0 amide bonds. The number of nitrogens with zero attached hydrogens (tertiary/aromatic N) is 2. The van der Waals surface area contributed by atoms with Gasteiger partial charge < -0.3 is 14.8 Å². The molecule has 1 aromatic heterocycles. The van der Waals surface area contributed by atoms with Crippen molar-refractivity contribution >= 4 is 39.5 Å². The summed E-state index contributed by atoms with van der Waals surface area (Å²) in [6.45, 7) is 4.20. The normalized spacial score (nSPS) is 10.6. The molecule has 0 aliphatic rings. The molecule has 0 saturated heterocycles. The van der Waals surface area contributed by atoms with Crippen LogP contribution in [0.5, 0.6) is 5.75 Å². The lowest BCUT2D eigenvalue weighted by molar-refractivity contribution is 0.414. The Kier molecular flexibility index (Phi) is 7.31. The number of ether oxygens (including phenoxy) is 1. The first-order chi connectivity index (χ1) is 14.4. The molecule has 0 unspecified atom stereocenters. The van der Waals surface area contributed by atoms with Gasteiger partial charge in [0.2, 0.25) is 0 Å². The van der Waals surface area contributed by atoms with Gasteiger partial charge in [-0.3, -0.25) is 4.57 Å². The van der Waals surface area contributed by atoms with Crippen LogP contribution in [0.3, 0.4) is 0 Å². The summed E-state index contributed by atoms with van der Waals surface area (Å²) in [5.74, 6) is 1.33. The van der Waals surface area contributed by atoms with Gasteiger partial charge in [-0.05, 0) is 69.3 Å². The average molecular weight is 467 g/mol. The highest BCUT2D eigenvalue weighted by Gasteiger charge is 2.10. The Morgan fingerprint density at radius 2 is 1.63 bits per heavy atom. The Balaban J connectivity index is 0.000000187. The van der Waals surface area contributed by atoms with E-state index < -0.39 is 7.12 Å². The fourth-order valence-corrected chi connectivity index (χ4v) is 3.46. The molecule has 0 aliphatic heterocycles. The van der Waals surface area contributed by atoms with Crippen LogP contribution in [0.25, 0.3) is 16.7 Å². The van der Waals surface area contributed by atoms with Crippen LogP contribution in [0.4, 0.5) is 0 Å².